The summed E-state index contributed by atoms with van der Waals surface area (Å²) in [5, 5.41) is 0. The number of benzene rings is 1. The Hall–Kier alpha value is -0.580. The third-order valence-corrected chi connectivity index (χ3v) is 3.66. The lowest BCUT2D eigenvalue weighted by Crippen LogP contribution is -2.30. The van der Waals surface area contributed by atoms with Crippen LogP contribution in [0, 0.1) is 5.82 Å². The molecule has 0 saturated carbocycles. The topological polar surface area (TPSA) is 29.3 Å². The highest BCUT2D eigenvalue weighted by Gasteiger charge is 2.10. The van der Waals surface area contributed by atoms with Crippen molar-refractivity contribution in [2.24, 2.45) is 5.73 Å². The van der Waals surface area contributed by atoms with Gasteiger partial charge in [0.1, 0.15) is 5.82 Å². The van der Waals surface area contributed by atoms with E-state index in [0.717, 1.165) is 23.4 Å². The van der Waals surface area contributed by atoms with Gasteiger partial charge in [0.2, 0.25) is 0 Å². The van der Waals surface area contributed by atoms with Crippen LogP contribution >= 0.6 is 11.8 Å². The van der Waals surface area contributed by atoms with Gasteiger partial charge in [0, 0.05) is 24.9 Å². The van der Waals surface area contributed by atoms with Gasteiger partial charge in [-0.25, -0.2) is 4.39 Å². The molecule has 0 fully saturated rings. The summed E-state index contributed by atoms with van der Waals surface area (Å²) in [7, 11) is 2.06. The summed E-state index contributed by atoms with van der Waals surface area (Å²) in [5.74, 6) is 0.879. The predicted octanol–water partition coefficient (Wildman–Crippen LogP) is 2.47. The van der Waals surface area contributed by atoms with Gasteiger partial charge < -0.3 is 5.73 Å². The number of rotatable bonds is 6. The minimum atomic E-state index is -0.200. The van der Waals surface area contributed by atoms with Crippen LogP contribution in [0.1, 0.15) is 18.1 Å². The lowest BCUT2D eigenvalue weighted by Gasteiger charge is -2.24. The second kappa shape index (κ2) is 6.99. The van der Waals surface area contributed by atoms with E-state index in [9.17, 15) is 4.39 Å². The molecule has 0 aromatic heterocycles. The van der Waals surface area contributed by atoms with Crippen molar-refractivity contribution in [2.75, 3.05) is 19.1 Å². The van der Waals surface area contributed by atoms with E-state index < -0.39 is 0 Å². The molecule has 0 aliphatic rings. The quantitative estimate of drug-likeness (QED) is 0.848. The number of hydrogen-bond acceptors (Lipinski definition) is 3. The van der Waals surface area contributed by atoms with Crippen LogP contribution in [0.4, 0.5) is 4.39 Å². The number of nitrogens with zero attached hydrogens (tertiary/aromatic N) is 1. The highest BCUT2D eigenvalue weighted by Crippen LogP contribution is 2.13. The molecule has 1 aromatic carbocycles. The molecule has 0 spiro atoms. The van der Waals surface area contributed by atoms with E-state index in [1.165, 1.54) is 6.07 Å². The van der Waals surface area contributed by atoms with Crippen LogP contribution in [-0.2, 0) is 13.1 Å². The zero-order chi connectivity index (χ0) is 12.8. The van der Waals surface area contributed by atoms with Gasteiger partial charge in [-0.05, 0) is 43.5 Å². The van der Waals surface area contributed by atoms with Crippen LogP contribution in [-0.4, -0.2) is 30.0 Å². The Morgan fingerprint density at radius 2 is 2.00 bits per heavy atom. The molecule has 0 aliphatic heterocycles. The van der Waals surface area contributed by atoms with Crippen LogP contribution in [0.3, 0.4) is 0 Å². The Morgan fingerprint density at radius 1 is 1.35 bits per heavy atom. The Bertz CT molecular complexity index is 357. The Kier molecular flexibility index (Phi) is 5.95. The molecule has 0 radical (unpaired) electrons. The largest absolute Gasteiger partial charge is 0.326 e. The summed E-state index contributed by atoms with van der Waals surface area (Å²) in [6, 6.07) is 5.54. The molecule has 0 saturated heterocycles. The van der Waals surface area contributed by atoms with Gasteiger partial charge in [-0.3, -0.25) is 4.90 Å². The maximum absolute atomic E-state index is 13.3. The second-order valence-electron chi connectivity index (χ2n) is 4.39. The minimum Gasteiger partial charge on any atom is -0.326 e. The van der Waals surface area contributed by atoms with Crippen molar-refractivity contribution >= 4 is 11.8 Å². The maximum atomic E-state index is 13.3. The lowest BCUT2D eigenvalue weighted by atomic mass is 10.1. The Balaban J connectivity index is 2.70. The van der Waals surface area contributed by atoms with Crippen LogP contribution in [0.5, 0.6) is 0 Å². The van der Waals surface area contributed by atoms with Crippen molar-refractivity contribution in [1.82, 2.24) is 4.90 Å². The smallest absolute Gasteiger partial charge is 0.123 e. The fourth-order valence-corrected chi connectivity index (χ4v) is 2.48. The Labute approximate surface area is 107 Å². The molecule has 2 nitrogen and oxygen atoms in total. The summed E-state index contributed by atoms with van der Waals surface area (Å²) < 4.78 is 13.3. The van der Waals surface area contributed by atoms with E-state index in [4.69, 9.17) is 5.73 Å². The molecular weight excluding hydrogens is 235 g/mol. The number of hydrogen-bond donors (Lipinski definition) is 1. The summed E-state index contributed by atoms with van der Waals surface area (Å²) in [6.45, 7) is 3.32. The molecule has 0 amide bonds. The van der Waals surface area contributed by atoms with Crippen molar-refractivity contribution in [3.8, 4) is 0 Å². The van der Waals surface area contributed by atoms with E-state index in [2.05, 4.69) is 25.1 Å². The molecule has 1 aromatic rings. The van der Waals surface area contributed by atoms with Crippen molar-refractivity contribution in [1.29, 1.82) is 0 Å². The molecule has 17 heavy (non-hydrogen) atoms. The van der Waals surface area contributed by atoms with Crippen molar-refractivity contribution in [2.45, 2.75) is 26.1 Å². The van der Waals surface area contributed by atoms with Crippen LogP contribution in [0.15, 0.2) is 18.2 Å². The number of thioether (sulfide) groups is 1. The molecule has 1 unspecified atom stereocenters. The fourth-order valence-electron chi connectivity index (χ4n) is 1.74. The normalized spacial score (nSPS) is 13.1. The highest BCUT2D eigenvalue weighted by molar-refractivity contribution is 7.98. The highest BCUT2D eigenvalue weighted by atomic mass is 32.2. The molecular formula is C13H21FN2S. The van der Waals surface area contributed by atoms with Gasteiger partial charge in [0.15, 0.2) is 0 Å². The lowest BCUT2D eigenvalue weighted by molar-refractivity contribution is 0.269. The SMILES string of the molecule is CSCC(C)N(C)Cc1cc(F)cc(CN)c1. The summed E-state index contributed by atoms with van der Waals surface area (Å²) in [6.07, 6.45) is 2.10. The molecule has 1 rings (SSSR count). The van der Waals surface area contributed by atoms with Crippen LogP contribution in [0.2, 0.25) is 0 Å². The zero-order valence-corrected chi connectivity index (χ0v) is 11.6. The van der Waals surface area contributed by atoms with Crippen molar-refractivity contribution < 1.29 is 4.39 Å². The third-order valence-electron chi connectivity index (χ3n) is 2.85. The molecule has 4 heteroatoms. The molecule has 2 N–H and O–H groups in total. The predicted molar refractivity (Wildman–Crippen MR) is 73.6 cm³/mol. The van der Waals surface area contributed by atoms with Gasteiger partial charge in [0.05, 0.1) is 0 Å². The second-order valence-corrected chi connectivity index (χ2v) is 5.30. The first-order chi connectivity index (χ1) is 8.06. The van der Waals surface area contributed by atoms with Crippen LogP contribution < -0.4 is 5.73 Å². The number of halogens is 1. The molecule has 96 valence electrons. The Morgan fingerprint density at radius 3 is 2.59 bits per heavy atom. The first kappa shape index (κ1) is 14.5. The van der Waals surface area contributed by atoms with E-state index in [-0.39, 0.29) is 5.82 Å². The fraction of sp³-hybridized carbons (Fsp3) is 0.538. The molecule has 1 atom stereocenters. The summed E-state index contributed by atoms with van der Waals surface area (Å²) in [5.41, 5.74) is 7.38. The molecule has 0 bridgehead atoms. The van der Waals surface area contributed by atoms with Gasteiger partial charge in [-0.2, -0.15) is 11.8 Å². The molecule has 0 aliphatic carbocycles. The first-order valence-electron chi connectivity index (χ1n) is 5.74. The zero-order valence-electron chi connectivity index (χ0n) is 10.7. The summed E-state index contributed by atoms with van der Waals surface area (Å²) in [4.78, 5) is 2.23. The van der Waals surface area contributed by atoms with Gasteiger partial charge in [-0.1, -0.05) is 6.07 Å². The monoisotopic (exact) mass is 256 g/mol. The van der Waals surface area contributed by atoms with Crippen LogP contribution in [0.25, 0.3) is 0 Å². The van der Waals surface area contributed by atoms with E-state index >= 15 is 0 Å². The average molecular weight is 256 g/mol. The molecule has 0 heterocycles. The minimum absolute atomic E-state index is 0.200. The standard InChI is InChI=1S/C13H21FN2S/c1-10(9-17-3)16(2)8-12-4-11(7-15)5-13(14)6-12/h4-6,10H,7-9,15H2,1-3H3. The number of nitrogens with two attached hydrogens (primary N) is 1. The van der Waals surface area contributed by atoms with E-state index in [0.29, 0.717) is 12.6 Å². The van der Waals surface area contributed by atoms with Gasteiger partial charge >= 0.3 is 0 Å². The van der Waals surface area contributed by atoms with Crippen molar-refractivity contribution in [3.63, 3.8) is 0 Å². The summed E-state index contributed by atoms with van der Waals surface area (Å²) >= 11 is 1.82. The van der Waals surface area contributed by atoms with E-state index in [1.54, 1.807) is 6.07 Å². The average Bonchev–Trinajstić information content (AvgIpc) is 2.28. The van der Waals surface area contributed by atoms with Gasteiger partial charge in [-0.15, -0.1) is 0 Å². The first-order valence-corrected chi connectivity index (χ1v) is 7.13. The van der Waals surface area contributed by atoms with Crippen molar-refractivity contribution in [3.05, 3.63) is 35.1 Å². The third kappa shape index (κ3) is 4.66. The maximum Gasteiger partial charge on any atom is 0.123 e. The van der Waals surface area contributed by atoms with Gasteiger partial charge in [0.25, 0.3) is 0 Å². The van der Waals surface area contributed by atoms with E-state index in [1.807, 2.05) is 17.8 Å².